The van der Waals surface area contributed by atoms with Gasteiger partial charge in [0.25, 0.3) is 0 Å². The number of nitrogens with zero attached hydrogens (tertiary/aromatic N) is 1. The van der Waals surface area contributed by atoms with Crippen molar-refractivity contribution in [2.45, 2.75) is 37.6 Å². The van der Waals surface area contributed by atoms with Crippen LogP contribution in [0.2, 0.25) is 0 Å². The molecule has 1 amide bonds. The zero-order valence-electron chi connectivity index (χ0n) is 9.24. The van der Waals surface area contributed by atoms with Crippen molar-refractivity contribution in [3.8, 4) is 0 Å². The predicted molar refractivity (Wildman–Crippen MR) is 49.4 cm³/mol. The smallest absolute Gasteiger partial charge is 0.425 e. The number of carbonyl (C=O) groups excluding carboxylic acids is 1. The Bertz CT molecular complexity index is 338. The minimum absolute atomic E-state index is 0.217. The second-order valence-electron chi connectivity index (χ2n) is 3.96. The number of likely N-dealkylation sites (N-methyl/N-ethyl adjacent to an activating group) is 1. The van der Waals surface area contributed by atoms with Crippen LogP contribution in [-0.4, -0.2) is 46.9 Å². The lowest BCUT2D eigenvalue weighted by Gasteiger charge is -2.26. The summed E-state index contributed by atoms with van der Waals surface area (Å²) in [5.41, 5.74) is -1.40. The highest BCUT2D eigenvalue weighted by atomic mass is 19.4. The highest BCUT2D eigenvalue weighted by molar-refractivity contribution is 5.87. The Labute approximate surface area is 95.1 Å². The van der Waals surface area contributed by atoms with Gasteiger partial charge in [-0.15, -0.1) is 0 Å². The minimum atomic E-state index is -4.66. The lowest BCUT2D eigenvalue weighted by molar-refractivity contribution is -0.200. The van der Waals surface area contributed by atoms with Crippen LogP contribution in [0.5, 0.6) is 0 Å². The molecule has 0 aromatic rings. The van der Waals surface area contributed by atoms with E-state index in [1.807, 2.05) is 0 Å². The van der Waals surface area contributed by atoms with Crippen molar-refractivity contribution < 1.29 is 32.6 Å². The van der Waals surface area contributed by atoms with E-state index in [0.717, 1.165) is 7.05 Å². The van der Waals surface area contributed by atoms with Gasteiger partial charge in [-0.1, -0.05) is 0 Å². The molecule has 0 spiro atoms. The molecule has 0 bridgehead atoms. The van der Waals surface area contributed by atoms with Crippen molar-refractivity contribution in [2.24, 2.45) is 0 Å². The summed E-state index contributed by atoms with van der Waals surface area (Å²) in [4.78, 5) is 22.9. The molecule has 0 saturated heterocycles. The van der Waals surface area contributed by atoms with Crippen LogP contribution >= 0.6 is 0 Å². The SMILES string of the molecule is C[C@@H](OC(=O)N(C)C1(C(=O)O)CC1)C(F)(F)F. The summed E-state index contributed by atoms with van der Waals surface area (Å²) in [6.07, 6.45) is -7.77. The lowest BCUT2D eigenvalue weighted by atomic mass is 10.2. The van der Waals surface area contributed by atoms with Crippen molar-refractivity contribution in [3.63, 3.8) is 0 Å². The van der Waals surface area contributed by atoms with Crippen molar-refractivity contribution >= 4 is 12.1 Å². The van der Waals surface area contributed by atoms with Crippen molar-refractivity contribution in [2.75, 3.05) is 7.05 Å². The molecular formula is C9H12F3NO4. The number of amides is 1. The monoisotopic (exact) mass is 255 g/mol. The van der Waals surface area contributed by atoms with Crippen LogP contribution in [-0.2, 0) is 9.53 Å². The highest BCUT2D eigenvalue weighted by Crippen LogP contribution is 2.41. The van der Waals surface area contributed by atoms with E-state index in [2.05, 4.69) is 4.74 Å². The van der Waals surface area contributed by atoms with Crippen LogP contribution < -0.4 is 0 Å². The Morgan fingerprint density at radius 1 is 1.41 bits per heavy atom. The molecule has 1 atom stereocenters. The number of alkyl halides is 3. The van der Waals surface area contributed by atoms with Gasteiger partial charge in [-0.3, -0.25) is 4.90 Å². The highest BCUT2D eigenvalue weighted by Gasteiger charge is 2.56. The van der Waals surface area contributed by atoms with Crippen LogP contribution in [0.1, 0.15) is 19.8 Å². The van der Waals surface area contributed by atoms with Crippen LogP contribution in [0.25, 0.3) is 0 Å². The molecule has 5 nitrogen and oxygen atoms in total. The molecule has 1 saturated carbocycles. The fraction of sp³-hybridized carbons (Fsp3) is 0.778. The molecule has 0 heterocycles. The van der Waals surface area contributed by atoms with E-state index < -0.39 is 29.9 Å². The third-order valence-corrected chi connectivity index (χ3v) is 2.78. The first-order chi connectivity index (χ1) is 7.61. The molecule has 0 aliphatic heterocycles. The van der Waals surface area contributed by atoms with E-state index in [-0.39, 0.29) is 12.8 Å². The van der Waals surface area contributed by atoms with Crippen LogP contribution in [0, 0.1) is 0 Å². The summed E-state index contributed by atoms with van der Waals surface area (Å²) in [6.45, 7) is 0.687. The van der Waals surface area contributed by atoms with Gasteiger partial charge in [0.05, 0.1) is 0 Å². The van der Waals surface area contributed by atoms with Crippen LogP contribution in [0.3, 0.4) is 0 Å². The van der Waals surface area contributed by atoms with Gasteiger partial charge in [-0.25, -0.2) is 9.59 Å². The summed E-state index contributed by atoms with van der Waals surface area (Å²) in [6, 6.07) is 0. The molecule has 1 aliphatic rings. The molecule has 17 heavy (non-hydrogen) atoms. The fourth-order valence-corrected chi connectivity index (χ4v) is 1.28. The molecule has 0 aromatic carbocycles. The van der Waals surface area contributed by atoms with E-state index in [0.29, 0.717) is 11.8 Å². The molecule has 1 N–H and O–H groups in total. The molecule has 8 heteroatoms. The second-order valence-corrected chi connectivity index (χ2v) is 3.96. The summed E-state index contributed by atoms with van der Waals surface area (Å²) in [5, 5.41) is 8.85. The Kier molecular flexibility index (Phi) is 3.26. The van der Waals surface area contributed by atoms with Crippen molar-refractivity contribution in [1.82, 2.24) is 4.90 Å². The van der Waals surface area contributed by atoms with E-state index in [1.165, 1.54) is 0 Å². The third kappa shape index (κ3) is 2.62. The standard InChI is InChI=1S/C9H12F3NO4/c1-5(9(10,11)12)17-7(16)13(2)8(3-4-8)6(14)15/h5H,3-4H2,1-2H3,(H,14,15)/t5-/m1/s1. The first-order valence-electron chi connectivity index (χ1n) is 4.86. The number of carboxylic acids is 1. The number of hydrogen-bond donors (Lipinski definition) is 1. The van der Waals surface area contributed by atoms with Crippen LogP contribution in [0.15, 0.2) is 0 Å². The minimum Gasteiger partial charge on any atom is -0.479 e. The maximum atomic E-state index is 12.1. The molecule has 0 unspecified atom stereocenters. The Morgan fingerprint density at radius 2 is 1.88 bits per heavy atom. The van der Waals surface area contributed by atoms with Gasteiger partial charge < -0.3 is 9.84 Å². The zero-order valence-corrected chi connectivity index (χ0v) is 9.24. The third-order valence-electron chi connectivity index (χ3n) is 2.78. The second kappa shape index (κ2) is 4.08. The average molecular weight is 255 g/mol. The first-order valence-corrected chi connectivity index (χ1v) is 4.86. The number of hydrogen-bond acceptors (Lipinski definition) is 3. The van der Waals surface area contributed by atoms with Gasteiger partial charge in [0, 0.05) is 7.05 Å². The van der Waals surface area contributed by atoms with Gasteiger partial charge >= 0.3 is 18.2 Å². The normalized spacial score (nSPS) is 19.4. The predicted octanol–water partition coefficient (Wildman–Crippen LogP) is 1.62. The summed E-state index contributed by atoms with van der Waals surface area (Å²) in [5.74, 6) is -1.24. The maximum absolute atomic E-state index is 12.1. The van der Waals surface area contributed by atoms with Crippen LogP contribution in [0.4, 0.5) is 18.0 Å². The lowest BCUT2D eigenvalue weighted by Crippen LogP contribution is -2.47. The number of carbonyl (C=O) groups is 2. The number of ether oxygens (including phenoxy) is 1. The molecule has 0 aromatic heterocycles. The summed E-state index contributed by atoms with van der Waals surface area (Å²) < 4.78 is 40.5. The maximum Gasteiger partial charge on any atom is 0.425 e. The van der Waals surface area contributed by atoms with Gasteiger partial charge in [0.15, 0.2) is 6.10 Å². The fourth-order valence-electron chi connectivity index (χ4n) is 1.28. The number of rotatable bonds is 3. The Hall–Kier alpha value is -1.47. The van der Waals surface area contributed by atoms with Gasteiger partial charge in [0.2, 0.25) is 0 Å². The molecule has 1 aliphatic carbocycles. The molecule has 1 rings (SSSR count). The van der Waals surface area contributed by atoms with E-state index >= 15 is 0 Å². The molecule has 98 valence electrons. The van der Waals surface area contributed by atoms with Crippen molar-refractivity contribution in [1.29, 1.82) is 0 Å². The number of carboxylic acid groups (broad SMARTS) is 1. The number of aliphatic carboxylic acids is 1. The Balaban J connectivity index is 2.63. The quantitative estimate of drug-likeness (QED) is 0.832. The van der Waals surface area contributed by atoms with E-state index in [1.54, 1.807) is 0 Å². The summed E-state index contributed by atoms with van der Waals surface area (Å²) in [7, 11) is 1.12. The number of halogens is 3. The summed E-state index contributed by atoms with van der Waals surface area (Å²) >= 11 is 0. The van der Waals surface area contributed by atoms with E-state index in [9.17, 15) is 22.8 Å². The average Bonchev–Trinajstić information content (AvgIpc) is 2.95. The van der Waals surface area contributed by atoms with E-state index in [4.69, 9.17) is 5.11 Å². The molecule has 0 radical (unpaired) electrons. The van der Waals surface area contributed by atoms with Gasteiger partial charge in [-0.2, -0.15) is 13.2 Å². The topological polar surface area (TPSA) is 66.8 Å². The Morgan fingerprint density at radius 3 is 2.18 bits per heavy atom. The zero-order chi connectivity index (χ0) is 13.4. The molecular weight excluding hydrogens is 243 g/mol. The van der Waals surface area contributed by atoms with Crippen molar-refractivity contribution in [3.05, 3.63) is 0 Å². The van der Waals surface area contributed by atoms with Gasteiger partial charge in [0.1, 0.15) is 5.54 Å². The largest absolute Gasteiger partial charge is 0.479 e. The molecule has 1 fully saturated rings. The first kappa shape index (κ1) is 13.6. The van der Waals surface area contributed by atoms with Gasteiger partial charge in [-0.05, 0) is 19.8 Å².